The molecular formula is C13H15NO. The zero-order valence-electron chi connectivity index (χ0n) is 8.92. The first kappa shape index (κ1) is 11.3. The third-order valence-corrected chi connectivity index (χ3v) is 2.16. The Morgan fingerprint density at radius 3 is 2.60 bits per heavy atom. The van der Waals surface area contributed by atoms with Crippen molar-refractivity contribution in [2.45, 2.75) is 26.2 Å². The van der Waals surface area contributed by atoms with E-state index in [2.05, 4.69) is 12.2 Å². The molecule has 0 aromatic heterocycles. The minimum absolute atomic E-state index is 0.406. The summed E-state index contributed by atoms with van der Waals surface area (Å²) in [4.78, 5) is 10.9. The fourth-order valence-corrected chi connectivity index (χ4v) is 1.30. The molecule has 1 aromatic carbocycles. The lowest BCUT2D eigenvalue weighted by molar-refractivity contribution is -0.111. The lowest BCUT2D eigenvalue weighted by Crippen LogP contribution is -2.07. The van der Waals surface area contributed by atoms with E-state index in [4.69, 9.17) is 6.42 Å². The molecule has 0 heterocycles. The number of nitrogens with one attached hydrogen (secondary N) is 1. The van der Waals surface area contributed by atoms with E-state index in [9.17, 15) is 4.79 Å². The van der Waals surface area contributed by atoms with Gasteiger partial charge in [-0.25, -0.2) is 0 Å². The highest BCUT2D eigenvalue weighted by molar-refractivity contribution is 6.03. The number of hydrogen-bond donors (Lipinski definition) is 1. The molecule has 2 heteroatoms. The third-order valence-electron chi connectivity index (χ3n) is 2.16. The second-order valence-electron chi connectivity index (χ2n) is 3.40. The maximum atomic E-state index is 10.9. The van der Waals surface area contributed by atoms with E-state index in [-0.39, 0.29) is 0 Å². The summed E-state index contributed by atoms with van der Waals surface area (Å²) in [6, 6.07) is 7.78. The number of aryl methyl sites for hydroxylation is 1. The Hall–Kier alpha value is -1.75. The minimum Gasteiger partial charge on any atom is -0.315 e. The van der Waals surface area contributed by atoms with Crippen molar-refractivity contribution in [3.8, 4) is 12.3 Å². The van der Waals surface area contributed by atoms with Crippen molar-refractivity contribution in [1.82, 2.24) is 0 Å². The van der Waals surface area contributed by atoms with Gasteiger partial charge in [0.2, 0.25) is 0 Å². The first-order valence-electron chi connectivity index (χ1n) is 5.12. The number of benzene rings is 1. The first-order chi connectivity index (χ1) is 7.26. The van der Waals surface area contributed by atoms with E-state index in [0.717, 1.165) is 12.1 Å². The van der Waals surface area contributed by atoms with Gasteiger partial charge >= 0.3 is 0 Å². The molecule has 0 fully saturated rings. The molecule has 1 aromatic rings. The predicted octanol–water partition coefficient (Wildman–Crippen LogP) is 2.60. The van der Waals surface area contributed by atoms with Crippen LogP contribution in [0.15, 0.2) is 24.3 Å². The molecule has 15 heavy (non-hydrogen) atoms. The van der Waals surface area contributed by atoms with Crippen LogP contribution in [0.4, 0.5) is 5.69 Å². The van der Waals surface area contributed by atoms with Crippen LogP contribution in [0.2, 0.25) is 0 Å². The molecule has 0 radical (unpaired) electrons. The Balaban J connectivity index is 2.57. The molecule has 0 saturated heterocycles. The molecule has 0 spiro atoms. The Labute approximate surface area is 90.7 Å². The van der Waals surface area contributed by atoms with Gasteiger partial charge in [0.25, 0.3) is 5.91 Å². The van der Waals surface area contributed by atoms with Crippen molar-refractivity contribution in [3.05, 3.63) is 29.8 Å². The quantitative estimate of drug-likeness (QED) is 0.745. The first-order valence-corrected chi connectivity index (χ1v) is 5.12. The second kappa shape index (κ2) is 5.87. The third kappa shape index (κ3) is 3.86. The number of rotatable bonds is 4. The van der Waals surface area contributed by atoms with E-state index < -0.39 is 5.91 Å². The van der Waals surface area contributed by atoms with Crippen LogP contribution in [-0.4, -0.2) is 5.91 Å². The van der Waals surface area contributed by atoms with Crippen LogP contribution >= 0.6 is 0 Å². The predicted molar refractivity (Wildman–Crippen MR) is 62.5 cm³/mol. The fraction of sp³-hybridized carbons (Fsp3) is 0.308. The van der Waals surface area contributed by atoms with Crippen LogP contribution in [0.1, 0.15) is 25.3 Å². The number of amides is 1. The maximum Gasteiger partial charge on any atom is 0.300 e. The SMILES string of the molecule is C#CC(=O)Nc1ccc(CCCC)cc1. The Bertz CT molecular complexity index is 359. The zero-order valence-corrected chi connectivity index (χ0v) is 8.92. The van der Waals surface area contributed by atoms with Crippen molar-refractivity contribution < 1.29 is 4.79 Å². The molecule has 0 atom stereocenters. The van der Waals surface area contributed by atoms with Crippen LogP contribution in [-0.2, 0) is 11.2 Å². The standard InChI is InChI=1S/C13H15NO/c1-3-5-6-11-7-9-12(10-8-11)14-13(15)4-2/h2,7-10H,3,5-6H2,1H3,(H,14,15). The Kier molecular flexibility index (Phi) is 4.43. The van der Waals surface area contributed by atoms with E-state index in [1.54, 1.807) is 0 Å². The summed E-state index contributed by atoms with van der Waals surface area (Å²) in [5.74, 6) is 1.61. The smallest absolute Gasteiger partial charge is 0.300 e. The highest BCUT2D eigenvalue weighted by Crippen LogP contribution is 2.11. The summed E-state index contributed by atoms with van der Waals surface area (Å²) in [6.45, 7) is 2.17. The van der Waals surface area contributed by atoms with Gasteiger partial charge in [0.1, 0.15) is 0 Å². The number of carbonyl (C=O) groups excluding carboxylic acids is 1. The Morgan fingerprint density at radius 2 is 2.07 bits per heavy atom. The Morgan fingerprint density at radius 1 is 1.40 bits per heavy atom. The summed E-state index contributed by atoms with van der Waals surface area (Å²) >= 11 is 0. The molecule has 1 N–H and O–H groups in total. The number of hydrogen-bond acceptors (Lipinski definition) is 1. The number of anilines is 1. The molecule has 78 valence electrons. The normalized spacial score (nSPS) is 9.33. The fourth-order valence-electron chi connectivity index (χ4n) is 1.30. The monoisotopic (exact) mass is 201 g/mol. The topological polar surface area (TPSA) is 29.1 Å². The average Bonchev–Trinajstić information content (AvgIpc) is 2.28. The van der Waals surface area contributed by atoms with Crippen LogP contribution < -0.4 is 5.32 Å². The van der Waals surface area contributed by atoms with E-state index in [1.807, 2.05) is 30.2 Å². The largest absolute Gasteiger partial charge is 0.315 e. The minimum atomic E-state index is -0.406. The van der Waals surface area contributed by atoms with Crippen molar-refractivity contribution in [2.24, 2.45) is 0 Å². The summed E-state index contributed by atoms with van der Waals surface area (Å²) in [7, 11) is 0. The van der Waals surface area contributed by atoms with Crippen LogP contribution in [0.25, 0.3) is 0 Å². The van der Waals surface area contributed by atoms with Crippen molar-refractivity contribution >= 4 is 11.6 Å². The highest BCUT2D eigenvalue weighted by Gasteiger charge is 1.97. The van der Waals surface area contributed by atoms with Gasteiger partial charge in [-0.1, -0.05) is 25.5 Å². The molecule has 0 aliphatic carbocycles. The maximum absolute atomic E-state index is 10.9. The van der Waals surface area contributed by atoms with Crippen molar-refractivity contribution in [2.75, 3.05) is 5.32 Å². The van der Waals surface area contributed by atoms with E-state index in [0.29, 0.717) is 0 Å². The molecular weight excluding hydrogens is 186 g/mol. The summed E-state index contributed by atoms with van der Waals surface area (Å²) < 4.78 is 0. The molecule has 0 bridgehead atoms. The number of unbranched alkanes of at least 4 members (excludes halogenated alkanes) is 1. The lowest BCUT2D eigenvalue weighted by Gasteiger charge is -2.03. The zero-order chi connectivity index (χ0) is 11.1. The van der Waals surface area contributed by atoms with Gasteiger partial charge in [-0.3, -0.25) is 4.79 Å². The van der Waals surface area contributed by atoms with Crippen LogP contribution in [0.3, 0.4) is 0 Å². The molecule has 0 aliphatic rings. The van der Waals surface area contributed by atoms with Gasteiger partial charge in [0, 0.05) is 5.69 Å². The van der Waals surface area contributed by atoms with E-state index in [1.165, 1.54) is 18.4 Å². The molecule has 0 unspecified atom stereocenters. The summed E-state index contributed by atoms with van der Waals surface area (Å²) in [6.07, 6.45) is 8.42. The van der Waals surface area contributed by atoms with Gasteiger partial charge < -0.3 is 5.32 Å². The number of terminal acetylenes is 1. The number of carbonyl (C=O) groups is 1. The van der Waals surface area contributed by atoms with Gasteiger partial charge in [-0.15, -0.1) is 6.42 Å². The van der Waals surface area contributed by atoms with Gasteiger partial charge in [-0.05, 0) is 36.5 Å². The lowest BCUT2D eigenvalue weighted by atomic mass is 10.1. The van der Waals surface area contributed by atoms with Gasteiger partial charge in [-0.2, -0.15) is 0 Å². The van der Waals surface area contributed by atoms with Crippen molar-refractivity contribution in [1.29, 1.82) is 0 Å². The summed E-state index contributed by atoms with van der Waals surface area (Å²) in [5.41, 5.74) is 2.04. The molecule has 1 rings (SSSR count). The van der Waals surface area contributed by atoms with Crippen LogP contribution in [0, 0.1) is 12.3 Å². The average molecular weight is 201 g/mol. The summed E-state index contributed by atoms with van der Waals surface area (Å²) in [5, 5.41) is 2.60. The van der Waals surface area contributed by atoms with E-state index >= 15 is 0 Å². The van der Waals surface area contributed by atoms with Gasteiger partial charge in [0.15, 0.2) is 0 Å². The highest BCUT2D eigenvalue weighted by atomic mass is 16.1. The second-order valence-corrected chi connectivity index (χ2v) is 3.40. The molecule has 2 nitrogen and oxygen atoms in total. The van der Waals surface area contributed by atoms with Crippen molar-refractivity contribution in [3.63, 3.8) is 0 Å². The van der Waals surface area contributed by atoms with Crippen LogP contribution in [0.5, 0.6) is 0 Å². The molecule has 0 saturated carbocycles. The molecule has 1 amide bonds. The van der Waals surface area contributed by atoms with Gasteiger partial charge in [0.05, 0.1) is 0 Å². The molecule has 0 aliphatic heterocycles.